The number of carbonyl (C=O) groups is 1. The molecule has 1 rings (SSSR count). The summed E-state index contributed by atoms with van der Waals surface area (Å²) in [6.07, 6.45) is 3.90. The summed E-state index contributed by atoms with van der Waals surface area (Å²) in [5.74, 6) is -0.0224. The monoisotopic (exact) mass is 226 g/mol. The Bertz CT molecular complexity index is 298. The lowest BCUT2D eigenvalue weighted by Gasteiger charge is -2.06. The van der Waals surface area contributed by atoms with Gasteiger partial charge >= 0.3 is 5.97 Å². The molecule has 0 saturated carbocycles. The first-order chi connectivity index (χ1) is 7.70. The van der Waals surface area contributed by atoms with E-state index in [1.165, 1.54) is 0 Å². The third kappa shape index (κ3) is 4.95. The molecular formula is C11H18N2O3. The molecule has 90 valence electrons. The van der Waals surface area contributed by atoms with Gasteiger partial charge in [0.15, 0.2) is 0 Å². The van der Waals surface area contributed by atoms with Gasteiger partial charge in [0, 0.05) is 0 Å². The van der Waals surface area contributed by atoms with Crippen LogP contribution in [0.3, 0.4) is 0 Å². The number of unbranched alkanes of at least 4 members (excludes halogenated alkanes) is 1. The molecule has 0 radical (unpaired) electrons. The van der Waals surface area contributed by atoms with Crippen molar-refractivity contribution in [3.05, 3.63) is 24.2 Å². The Morgan fingerprint density at radius 1 is 1.56 bits per heavy atom. The Kier molecular flexibility index (Phi) is 5.60. The maximum absolute atomic E-state index is 10.4. The Hall–Kier alpha value is -1.33. The van der Waals surface area contributed by atoms with Gasteiger partial charge in [-0.25, -0.2) is 0 Å². The first-order valence-electron chi connectivity index (χ1n) is 5.41. The Morgan fingerprint density at radius 3 is 3.00 bits per heavy atom. The minimum atomic E-state index is -0.927. The second kappa shape index (κ2) is 7.03. The van der Waals surface area contributed by atoms with E-state index in [9.17, 15) is 4.79 Å². The van der Waals surface area contributed by atoms with Crippen molar-refractivity contribution in [2.24, 2.45) is 5.73 Å². The second-order valence-electron chi connectivity index (χ2n) is 3.70. The Labute approximate surface area is 94.6 Å². The standard InChI is InChI=1S/C11H18N2O3/c12-10(11(14)15)5-1-2-6-13-8-9-4-3-7-16-9/h3-4,7,10,13H,1-2,5-6,8,12H2,(H,14,15). The zero-order valence-corrected chi connectivity index (χ0v) is 9.19. The highest BCUT2D eigenvalue weighted by molar-refractivity contribution is 5.72. The maximum atomic E-state index is 10.4. The van der Waals surface area contributed by atoms with Crippen molar-refractivity contribution >= 4 is 5.97 Å². The van der Waals surface area contributed by atoms with Crippen molar-refractivity contribution in [1.82, 2.24) is 5.32 Å². The number of furan rings is 1. The molecule has 0 bridgehead atoms. The number of nitrogens with one attached hydrogen (secondary N) is 1. The average molecular weight is 226 g/mol. The number of carboxylic acid groups (broad SMARTS) is 1. The predicted molar refractivity (Wildman–Crippen MR) is 59.9 cm³/mol. The molecule has 4 N–H and O–H groups in total. The molecule has 0 aliphatic rings. The molecule has 0 aliphatic heterocycles. The molecule has 0 aromatic carbocycles. The topological polar surface area (TPSA) is 88.5 Å². The normalized spacial score (nSPS) is 12.6. The number of nitrogens with two attached hydrogens (primary N) is 1. The van der Waals surface area contributed by atoms with Crippen molar-refractivity contribution in [2.45, 2.75) is 31.8 Å². The van der Waals surface area contributed by atoms with Gasteiger partial charge in [0.1, 0.15) is 11.8 Å². The van der Waals surface area contributed by atoms with Crippen LogP contribution >= 0.6 is 0 Å². The number of hydrogen-bond donors (Lipinski definition) is 3. The third-order valence-corrected chi connectivity index (χ3v) is 2.32. The van der Waals surface area contributed by atoms with Gasteiger partial charge in [-0.2, -0.15) is 0 Å². The lowest BCUT2D eigenvalue weighted by atomic mass is 10.1. The summed E-state index contributed by atoms with van der Waals surface area (Å²) in [5.41, 5.74) is 5.37. The highest BCUT2D eigenvalue weighted by Crippen LogP contribution is 2.00. The molecule has 5 nitrogen and oxygen atoms in total. The van der Waals surface area contributed by atoms with Crippen LogP contribution in [-0.2, 0) is 11.3 Å². The fraction of sp³-hybridized carbons (Fsp3) is 0.545. The summed E-state index contributed by atoms with van der Waals surface area (Å²) >= 11 is 0. The molecule has 1 atom stereocenters. The molecule has 0 aliphatic carbocycles. The zero-order chi connectivity index (χ0) is 11.8. The zero-order valence-electron chi connectivity index (χ0n) is 9.19. The Balaban J connectivity index is 1.94. The van der Waals surface area contributed by atoms with Gasteiger partial charge in [-0.15, -0.1) is 0 Å². The van der Waals surface area contributed by atoms with E-state index in [0.717, 1.165) is 25.1 Å². The van der Waals surface area contributed by atoms with Crippen molar-refractivity contribution < 1.29 is 14.3 Å². The summed E-state index contributed by atoms with van der Waals surface area (Å²) in [5, 5.41) is 11.8. The highest BCUT2D eigenvalue weighted by Gasteiger charge is 2.09. The van der Waals surface area contributed by atoms with Crippen LogP contribution in [0.1, 0.15) is 25.0 Å². The van der Waals surface area contributed by atoms with Gasteiger partial charge in [-0.1, -0.05) is 6.42 Å². The molecule has 16 heavy (non-hydrogen) atoms. The van der Waals surface area contributed by atoms with Gasteiger partial charge in [0.05, 0.1) is 12.8 Å². The first-order valence-corrected chi connectivity index (χ1v) is 5.41. The van der Waals surface area contributed by atoms with Crippen molar-refractivity contribution in [1.29, 1.82) is 0 Å². The fourth-order valence-corrected chi connectivity index (χ4v) is 1.36. The van der Waals surface area contributed by atoms with Crippen LogP contribution in [0.25, 0.3) is 0 Å². The molecule has 5 heteroatoms. The SMILES string of the molecule is NC(CCCCNCc1ccco1)C(=O)O. The summed E-state index contributed by atoms with van der Waals surface area (Å²) < 4.78 is 5.15. The minimum Gasteiger partial charge on any atom is -0.480 e. The Morgan fingerprint density at radius 2 is 2.38 bits per heavy atom. The number of carboxylic acids is 1. The molecule has 0 spiro atoms. The van der Waals surface area contributed by atoms with E-state index >= 15 is 0 Å². The number of aliphatic carboxylic acids is 1. The summed E-state index contributed by atoms with van der Waals surface area (Å²) in [4.78, 5) is 10.4. The number of hydrogen-bond acceptors (Lipinski definition) is 4. The highest BCUT2D eigenvalue weighted by atomic mass is 16.4. The molecule has 0 fully saturated rings. The maximum Gasteiger partial charge on any atom is 0.320 e. The second-order valence-corrected chi connectivity index (χ2v) is 3.70. The summed E-state index contributed by atoms with van der Waals surface area (Å²) in [6, 6.07) is 3.03. The van der Waals surface area contributed by atoms with Crippen LogP contribution < -0.4 is 11.1 Å². The smallest absolute Gasteiger partial charge is 0.320 e. The number of rotatable bonds is 8. The fourth-order valence-electron chi connectivity index (χ4n) is 1.36. The van der Waals surface area contributed by atoms with E-state index in [1.54, 1.807) is 6.26 Å². The quantitative estimate of drug-likeness (QED) is 0.574. The lowest BCUT2D eigenvalue weighted by Crippen LogP contribution is -2.30. The van der Waals surface area contributed by atoms with E-state index in [2.05, 4.69) is 5.32 Å². The van der Waals surface area contributed by atoms with E-state index in [-0.39, 0.29) is 0 Å². The van der Waals surface area contributed by atoms with E-state index < -0.39 is 12.0 Å². The molecule has 1 aromatic heterocycles. The van der Waals surface area contributed by atoms with Gasteiger partial charge in [-0.05, 0) is 31.5 Å². The third-order valence-electron chi connectivity index (χ3n) is 2.32. The minimum absolute atomic E-state index is 0.526. The van der Waals surface area contributed by atoms with E-state index in [4.69, 9.17) is 15.3 Å². The first kappa shape index (κ1) is 12.7. The van der Waals surface area contributed by atoms with Crippen LogP contribution in [0.5, 0.6) is 0 Å². The largest absolute Gasteiger partial charge is 0.480 e. The van der Waals surface area contributed by atoms with Crippen LogP contribution in [0.4, 0.5) is 0 Å². The van der Waals surface area contributed by atoms with Crippen molar-refractivity contribution in [3.63, 3.8) is 0 Å². The van der Waals surface area contributed by atoms with Crippen LogP contribution in [0.2, 0.25) is 0 Å². The molecule has 1 aromatic rings. The van der Waals surface area contributed by atoms with E-state index in [1.807, 2.05) is 12.1 Å². The van der Waals surface area contributed by atoms with Gasteiger partial charge in [0.2, 0.25) is 0 Å². The molecule has 0 saturated heterocycles. The molecule has 1 unspecified atom stereocenters. The average Bonchev–Trinajstić information content (AvgIpc) is 2.75. The molecule has 1 heterocycles. The summed E-state index contributed by atoms with van der Waals surface area (Å²) in [7, 11) is 0. The summed E-state index contributed by atoms with van der Waals surface area (Å²) in [6.45, 7) is 1.55. The van der Waals surface area contributed by atoms with Gasteiger partial charge in [-0.3, -0.25) is 4.79 Å². The van der Waals surface area contributed by atoms with E-state index in [0.29, 0.717) is 13.0 Å². The van der Waals surface area contributed by atoms with Gasteiger partial charge < -0.3 is 20.6 Å². The van der Waals surface area contributed by atoms with Crippen LogP contribution in [0.15, 0.2) is 22.8 Å². The van der Waals surface area contributed by atoms with Crippen molar-refractivity contribution in [3.8, 4) is 0 Å². The molecule has 0 amide bonds. The molecular weight excluding hydrogens is 208 g/mol. The van der Waals surface area contributed by atoms with Crippen LogP contribution in [0, 0.1) is 0 Å². The van der Waals surface area contributed by atoms with Gasteiger partial charge in [0.25, 0.3) is 0 Å². The predicted octanol–water partition coefficient (Wildman–Crippen LogP) is 0.951. The van der Waals surface area contributed by atoms with Crippen molar-refractivity contribution in [2.75, 3.05) is 6.54 Å². The van der Waals surface area contributed by atoms with Crippen LogP contribution in [-0.4, -0.2) is 23.7 Å². The lowest BCUT2D eigenvalue weighted by molar-refractivity contribution is -0.138.